The number of aliphatic hydroxyl groups is 1. The Hall–Kier alpha value is -2.48. The summed E-state index contributed by atoms with van der Waals surface area (Å²) in [4.78, 5) is 22.8. The van der Waals surface area contributed by atoms with Crippen LogP contribution >= 0.6 is 0 Å². The van der Waals surface area contributed by atoms with Crippen molar-refractivity contribution >= 4 is 17.7 Å². The first-order valence-electron chi connectivity index (χ1n) is 7.70. The number of anilines is 1. The predicted molar refractivity (Wildman–Crippen MR) is 86.7 cm³/mol. The molecule has 0 radical (unpaired) electrons. The van der Waals surface area contributed by atoms with Gasteiger partial charge in [-0.1, -0.05) is 0 Å². The lowest BCUT2D eigenvalue weighted by molar-refractivity contribution is -0.155. The zero-order chi connectivity index (χ0) is 17.9. The Morgan fingerprint density at radius 1 is 1.46 bits per heavy atom. The predicted octanol–water partition coefficient (Wildman–Crippen LogP) is 1.37. The molecule has 0 spiro atoms. The fraction of sp³-hybridized carbons (Fsp3) is 0.500. The van der Waals surface area contributed by atoms with E-state index in [1.165, 1.54) is 0 Å². The maximum Gasteiger partial charge on any atom is 0.337 e. The highest BCUT2D eigenvalue weighted by Crippen LogP contribution is 2.37. The molecule has 2 atom stereocenters. The third-order valence-corrected chi connectivity index (χ3v) is 3.60. The number of amides is 2. The van der Waals surface area contributed by atoms with E-state index in [2.05, 4.69) is 10.6 Å². The van der Waals surface area contributed by atoms with Crippen LogP contribution in [0.5, 0.6) is 11.5 Å². The summed E-state index contributed by atoms with van der Waals surface area (Å²) >= 11 is 0. The molecule has 0 aromatic heterocycles. The Labute approximate surface area is 139 Å². The molecular formula is C16H22N2O6. The van der Waals surface area contributed by atoms with Gasteiger partial charge in [-0.2, -0.15) is 0 Å². The third-order valence-electron chi connectivity index (χ3n) is 3.60. The second-order valence-electron chi connectivity index (χ2n) is 5.91. The molecule has 2 rings (SSSR count). The highest BCUT2D eigenvalue weighted by atomic mass is 16.5. The first kappa shape index (κ1) is 17.9. The first-order chi connectivity index (χ1) is 11.2. The molecule has 0 saturated carbocycles. The Bertz CT molecular complexity index is 644. The van der Waals surface area contributed by atoms with Crippen molar-refractivity contribution in [3.63, 3.8) is 0 Å². The number of ether oxygens (including phenoxy) is 2. The first-order valence-corrected chi connectivity index (χ1v) is 7.70. The van der Waals surface area contributed by atoms with Crippen LogP contribution in [0.4, 0.5) is 10.5 Å². The molecule has 1 aromatic rings. The number of aliphatic carboxylic acids is 1. The lowest BCUT2D eigenvalue weighted by atomic mass is 10.1. The van der Waals surface area contributed by atoms with Crippen molar-refractivity contribution < 1.29 is 29.3 Å². The minimum Gasteiger partial charge on any atom is -0.492 e. The standard InChI is InChI=1S/C16H22N2O6/c1-4-23-13-6-10-5-9(2)24-12(10)7-11(13)18-15(21)17-8-16(3,22)14(19)20/h6-7,9,22H,4-5,8H2,1-3H3,(H,19,20)(H2,17,18,21). The van der Waals surface area contributed by atoms with Gasteiger partial charge in [0.2, 0.25) is 0 Å². The van der Waals surface area contributed by atoms with Crippen LogP contribution in [0.2, 0.25) is 0 Å². The largest absolute Gasteiger partial charge is 0.492 e. The molecule has 8 nitrogen and oxygen atoms in total. The Kier molecular flexibility index (Phi) is 5.18. The molecule has 1 aliphatic rings. The molecule has 1 heterocycles. The second-order valence-corrected chi connectivity index (χ2v) is 5.91. The van der Waals surface area contributed by atoms with Crippen molar-refractivity contribution in [3.05, 3.63) is 17.7 Å². The Balaban J connectivity index is 2.09. The van der Waals surface area contributed by atoms with Gasteiger partial charge in [-0.15, -0.1) is 0 Å². The monoisotopic (exact) mass is 338 g/mol. The quantitative estimate of drug-likeness (QED) is 0.622. The SMILES string of the molecule is CCOc1cc2c(cc1NC(=O)NCC(C)(O)C(=O)O)OC(C)C2. The van der Waals surface area contributed by atoms with Gasteiger partial charge in [0.05, 0.1) is 18.8 Å². The number of carbonyl (C=O) groups excluding carboxylic acids is 1. The molecule has 2 amide bonds. The van der Waals surface area contributed by atoms with Crippen LogP contribution in [0.25, 0.3) is 0 Å². The highest BCUT2D eigenvalue weighted by Gasteiger charge is 2.30. The smallest absolute Gasteiger partial charge is 0.337 e. The van der Waals surface area contributed by atoms with Gasteiger partial charge in [0, 0.05) is 18.1 Å². The van der Waals surface area contributed by atoms with E-state index >= 15 is 0 Å². The van der Waals surface area contributed by atoms with Crippen molar-refractivity contribution in [2.45, 2.75) is 38.9 Å². The van der Waals surface area contributed by atoms with Gasteiger partial charge >= 0.3 is 12.0 Å². The van der Waals surface area contributed by atoms with Gasteiger partial charge < -0.3 is 30.3 Å². The van der Waals surface area contributed by atoms with Crippen molar-refractivity contribution in [2.24, 2.45) is 0 Å². The van der Waals surface area contributed by atoms with E-state index in [0.717, 1.165) is 18.9 Å². The fourth-order valence-electron chi connectivity index (χ4n) is 2.31. The second kappa shape index (κ2) is 6.96. The van der Waals surface area contributed by atoms with Crippen LogP contribution in [0, 0.1) is 0 Å². The number of nitrogens with one attached hydrogen (secondary N) is 2. The number of hydrogen-bond donors (Lipinski definition) is 4. The van der Waals surface area contributed by atoms with Gasteiger partial charge in [-0.25, -0.2) is 9.59 Å². The molecule has 24 heavy (non-hydrogen) atoms. The molecule has 0 bridgehead atoms. The summed E-state index contributed by atoms with van der Waals surface area (Å²) in [7, 11) is 0. The number of benzene rings is 1. The summed E-state index contributed by atoms with van der Waals surface area (Å²) in [6, 6.07) is 2.85. The number of carboxylic acids is 1. The maximum absolute atomic E-state index is 12.0. The molecule has 0 aliphatic carbocycles. The summed E-state index contributed by atoms with van der Waals surface area (Å²) in [5, 5.41) is 23.4. The summed E-state index contributed by atoms with van der Waals surface area (Å²) in [6.45, 7) is 4.89. The molecule has 4 N–H and O–H groups in total. The van der Waals surface area contributed by atoms with E-state index in [4.69, 9.17) is 14.6 Å². The number of urea groups is 1. The van der Waals surface area contributed by atoms with E-state index in [9.17, 15) is 14.7 Å². The molecule has 8 heteroatoms. The van der Waals surface area contributed by atoms with E-state index < -0.39 is 24.1 Å². The molecule has 2 unspecified atom stereocenters. The van der Waals surface area contributed by atoms with Crippen LogP contribution in [-0.2, 0) is 11.2 Å². The molecule has 1 aromatic carbocycles. The van der Waals surface area contributed by atoms with Gasteiger partial charge in [0.15, 0.2) is 5.60 Å². The lowest BCUT2D eigenvalue weighted by Crippen LogP contribution is -2.47. The van der Waals surface area contributed by atoms with Crippen molar-refractivity contribution in [2.75, 3.05) is 18.5 Å². The van der Waals surface area contributed by atoms with Crippen molar-refractivity contribution in [3.8, 4) is 11.5 Å². The molecule has 0 fully saturated rings. The summed E-state index contributed by atoms with van der Waals surface area (Å²) < 4.78 is 11.2. The van der Waals surface area contributed by atoms with E-state index in [0.29, 0.717) is 23.8 Å². The van der Waals surface area contributed by atoms with Gasteiger partial charge in [0.1, 0.15) is 17.6 Å². The molecule has 0 saturated heterocycles. The normalized spacial score (nSPS) is 18.1. The number of fused-ring (bicyclic) bond motifs is 1. The fourth-order valence-corrected chi connectivity index (χ4v) is 2.31. The Morgan fingerprint density at radius 3 is 2.79 bits per heavy atom. The third kappa shape index (κ3) is 4.08. The number of rotatable bonds is 6. The molecular weight excluding hydrogens is 316 g/mol. The summed E-state index contributed by atoms with van der Waals surface area (Å²) in [5.41, 5.74) is -0.626. The average molecular weight is 338 g/mol. The van der Waals surface area contributed by atoms with Crippen LogP contribution in [0.15, 0.2) is 12.1 Å². The van der Waals surface area contributed by atoms with Crippen LogP contribution in [0.1, 0.15) is 26.3 Å². The topological polar surface area (TPSA) is 117 Å². The lowest BCUT2D eigenvalue weighted by Gasteiger charge is -2.19. The van der Waals surface area contributed by atoms with Crippen molar-refractivity contribution in [1.82, 2.24) is 5.32 Å². The van der Waals surface area contributed by atoms with Crippen LogP contribution in [0.3, 0.4) is 0 Å². The maximum atomic E-state index is 12.0. The summed E-state index contributed by atoms with van der Waals surface area (Å²) in [6.07, 6.45) is 0.827. The van der Waals surface area contributed by atoms with E-state index in [1.807, 2.05) is 19.9 Å². The minimum absolute atomic E-state index is 0.0595. The van der Waals surface area contributed by atoms with Gasteiger partial charge in [-0.3, -0.25) is 0 Å². The zero-order valence-corrected chi connectivity index (χ0v) is 13.9. The Morgan fingerprint density at radius 2 is 2.17 bits per heavy atom. The van der Waals surface area contributed by atoms with Crippen molar-refractivity contribution in [1.29, 1.82) is 0 Å². The van der Waals surface area contributed by atoms with Crippen LogP contribution in [-0.4, -0.2) is 47.1 Å². The van der Waals surface area contributed by atoms with E-state index in [1.54, 1.807) is 6.07 Å². The number of carboxylic acid groups (broad SMARTS) is 1. The van der Waals surface area contributed by atoms with Gasteiger partial charge in [0.25, 0.3) is 0 Å². The van der Waals surface area contributed by atoms with Gasteiger partial charge in [-0.05, 0) is 26.8 Å². The summed E-state index contributed by atoms with van der Waals surface area (Å²) in [5.74, 6) is -0.231. The van der Waals surface area contributed by atoms with Crippen LogP contribution < -0.4 is 20.1 Å². The highest BCUT2D eigenvalue weighted by molar-refractivity contribution is 5.92. The number of carbonyl (C=O) groups is 2. The molecule has 1 aliphatic heterocycles. The minimum atomic E-state index is -2.05. The average Bonchev–Trinajstić information content (AvgIpc) is 2.84. The number of hydrogen-bond acceptors (Lipinski definition) is 5. The zero-order valence-electron chi connectivity index (χ0n) is 13.9. The molecule has 132 valence electrons. The van der Waals surface area contributed by atoms with E-state index in [-0.39, 0.29) is 6.10 Å².